The number of fused-ring (bicyclic) bond motifs is 1. The van der Waals surface area contributed by atoms with E-state index >= 15 is 0 Å². The maximum atomic E-state index is 12.6. The fraction of sp³-hybridized carbons (Fsp3) is 0.522. The molecule has 0 saturated carbocycles. The summed E-state index contributed by atoms with van der Waals surface area (Å²) in [4.78, 5) is 17.2. The maximum Gasteiger partial charge on any atom is 0.227 e. The second-order valence-electron chi connectivity index (χ2n) is 8.07. The van der Waals surface area contributed by atoms with Gasteiger partial charge < -0.3 is 14.8 Å². The van der Waals surface area contributed by atoms with Crippen LogP contribution in [0.1, 0.15) is 59.1 Å². The number of carbonyl (C=O) groups is 1. The van der Waals surface area contributed by atoms with Crippen LogP contribution in [0, 0.1) is 5.92 Å². The third-order valence-electron chi connectivity index (χ3n) is 5.10. The molecular formula is C23H32N4O3S. The molecule has 0 radical (unpaired) electrons. The van der Waals surface area contributed by atoms with E-state index in [-0.39, 0.29) is 11.8 Å². The van der Waals surface area contributed by atoms with Gasteiger partial charge in [-0.1, -0.05) is 38.6 Å². The van der Waals surface area contributed by atoms with Crippen LogP contribution in [0.5, 0.6) is 11.5 Å². The second kappa shape index (κ2) is 10.2. The van der Waals surface area contributed by atoms with Gasteiger partial charge in [-0.2, -0.15) is 4.98 Å². The first-order chi connectivity index (χ1) is 14.8. The van der Waals surface area contributed by atoms with Gasteiger partial charge >= 0.3 is 0 Å². The minimum absolute atomic E-state index is 0.00450. The van der Waals surface area contributed by atoms with Crippen molar-refractivity contribution in [3.8, 4) is 11.5 Å². The molecule has 31 heavy (non-hydrogen) atoms. The molecule has 1 aliphatic rings. The fourth-order valence-electron chi connectivity index (χ4n) is 3.53. The van der Waals surface area contributed by atoms with Crippen molar-refractivity contribution in [3.63, 3.8) is 0 Å². The van der Waals surface area contributed by atoms with Gasteiger partial charge in [0, 0.05) is 17.0 Å². The highest BCUT2D eigenvalue weighted by Gasteiger charge is 2.33. The van der Waals surface area contributed by atoms with Crippen LogP contribution in [0.3, 0.4) is 0 Å². The van der Waals surface area contributed by atoms with E-state index in [1.54, 1.807) is 30.5 Å². The molecule has 7 nitrogen and oxygen atoms in total. The smallest absolute Gasteiger partial charge is 0.227 e. The summed E-state index contributed by atoms with van der Waals surface area (Å²) in [6.45, 7) is 10.6. The first-order valence-electron chi connectivity index (χ1n) is 10.7. The third-order valence-corrected chi connectivity index (χ3v) is 6.15. The summed E-state index contributed by atoms with van der Waals surface area (Å²) in [5, 5.41) is 8.65. The molecule has 0 fully saturated rings. The van der Waals surface area contributed by atoms with E-state index in [1.807, 2.05) is 25.1 Å². The Morgan fingerprint density at radius 2 is 2.10 bits per heavy atom. The lowest BCUT2D eigenvalue weighted by atomic mass is 9.93. The predicted octanol–water partition coefficient (Wildman–Crippen LogP) is 5.09. The second-order valence-corrected chi connectivity index (χ2v) is 9.14. The van der Waals surface area contributed by atoms with Gasteiger partial charge in [-0.25, -0.2) is 4.68 Å². The molecule has 1 N–H and O–H groups in total. The topological polar surface area (TPSA) is 78.3 Å². The number of nitrogens with zero attached hydrogens (tertiary/aromatic N) is 3. The van der Waals surface area contributed by atoms with E-state index in [0.717, 1.165) is 29.9 Å². The molecule has 0 bridgehead atoms. The zero-order valence-electron chi connectivity index (χ0n) is 19.2. The Bertz CT molecular complexity index is 968. The first kappa shape index (κ1) is 23.2. The van der Waals surface area contributed by atoms with Crippen LogP contribution in [0.4, 0.5) is 5.95 Å². The van der Waals surface area contributed by atoms with E-state index in [1.165, 1.54) is 0 Å². The number of thioether (sulfide) groups is 1. The summed E-state index contributed by atoms with van der Waals surface area (Å²) in [5.41, 5.74) is 2.36. The number of anilines is 1. The van der Waals surface area contributed by atoms with Gasteiger partial charge in [0.15, 0.2) is 17.3 Å². The number of aromatic nitrogens is 3. The standard InChI is InChI=1S/C23H32N4O3S/c1-7-12-31-23-25-22-24-15(4)20(16(5)28)21(27(22)26-23)17-8-9-18(19(13-17)29-6)30-11-10-14(2)3/h8-9,13-14,21H,7,10-12H2,1-6H3,(H,24,25,26). The predicted molar refractivity (Wildman–Crippen MR) is 124 cm³/mol. The van der Waals surface area contributed by atoms with Crippen LogP contribution < -0.4 is 14.8 Å². The number of nitrogens with one attached hydrogen (secondary N) is 1. The molecule has 1 aliphatic heterocycles. The van der Waals surface area contributed by atoms with Crippen LogP contribution in [0.25, 0.3) is 0 Å². The zero-order chi connectivity index (χ0) is 22.5. The molecule has 0 aliphatic carbocycles. The summed E-state index contributed by atoms with van der Waals surface area (Å²) in [6.07, 6.45) is 2.01. The number of benzene rings is 1. The minimum Gasteiger partial charge on any atom is -0.493 e. The van der Waals surface area contributed by atoms with Gasteiger partial charge in [0.1, 0.15) is 6.04 Å². The summed E-state index contributed by atoms with van der Waals surface area (Å²) >= 11 is 1.61. The van der Waals surface area contributed by atoms with Crippen molar-refractivity contribution in [3.05, 3.63) is 35.0 Å². The van der Waals surface area contributed by atoms with Crippen molar-refractivity contribution >= 4 is 23.5 Å². The van der Waals surface area contributed by atoms with E-state index in [9.17, 15) is 4.79 Å². The molecule has 1 atom stereocenters. The van der Waals surface area contributed by atoms with Crippen LogP contribution in [-0.2, 0) is 4.79 Å². The van der Waals surface area contributed by atoms with Crippen molar-refractivity contribution in [2.45, 2.75) is 58.7 Å². The van der Waals surface area contributed by atoms with Crippen LogP contribution in [0.15, 0.2) is 34.6 Å². The summed E-state index contributed by atoms with van der Waals surface area (Å²) < 4.78 is 13.4. The Morgan fingerprint density at radius 3 is 2.74 bits per heavy atom. The Kier molecular flexibility index (Phi) is 7.64. The van der Waals surface area contributed by atoms with Gasteiger partial charge in [0.05, 0.1) is 13.7 Å². The third kappa shape index (κ3) is 5.23. The van der Waals surface area contributed by atoms with E-state index in [2.05, 4.69) is 31.1 Å². The summed E-state index contributed by atoms with van der Waals surface area (Å²) in [5.74, 6) is 3.48. The molecule has 0 saturated heterocycles. The number of hydrogen-bond donors (Lipinski definition) is 1. The number of ether oxygens (including phenoxy) is 2. The monoisotopic (exact) mass is 444 g/mol. The number of rotatable bonds is 10. The molecule has 8 heteroatoms. The van der Waals surface area contributed by atoms with Gasteiger partial charge in [0.25, 0.3) is 0 Å². The highest BCUT2D eigenvalue weighted by Crippen LogP contribution is 2.39. The molecule has 168 valence electrons. The first-order valence-corrected chi connectivity index (χ1v) is 11.7. The molecule has 1 aromatic carbocycles. The van der Waals surface area contributed by atoms with Gasteiger partial charge in [-0.3, -0.25) is 4.79 Å². The number of Topliss-reactive ketones (excluding diaryl/α,β-unsaturated/α-hetero) is 1. The Hall–Kier alpha value is -2.48. The lowest BCUT2D eigenvalue weighted by Crippen LogP contribution is -2.27. The molecule has 1 unspecified atom stereocenters. The number of carbonyl (C=O) groups excluding carboxylic acids is 1. The van der Waals surface area contributed by atoms with Crippen molar-refractivity contribution in [2.75, 3.05) is 24.8 Å². The summed E-state index contributed by atoms with van der Waals surface area (Å²) in [6, 6.07) is 5.44. The minimum atomic E-state index is -0.379. The normalized spacial score (nSPS) is 15.6. The van der Waals surface area contributed by atoms with Crippen molar-refractivity contribution < 1.29 is 14.3 Å². The lowest BCUT2D eigenvalue weighted by molar-refractivity contribution is -0.114. The molecule has 0 spiro atoms. The lowest BCUT2D eigenvalue weighted by Gasteiger charge is -2.28. The fourth-order valence-corrected chi connectivity index (χ4v) is 4.21. The average molecular weight is 445 g/mol. The van der Waals surface area contributed by atoms with Gasteiger partial charge in [-0.15, -0.1) is 5.10 Å². The van der Waals surface area contributed by atoms with Crippen molar-refractivity contribution in [2.24, 2.45) is 5.92 Å². The maximum absolute atomic E-state index is 12.6. The molecule has 2 aromatic rings. The number of ketones is 1. The SMILES string of the molecule is CCCSc1nc2n(n1)C(c1ccc(OCCC(C)C)c(OC)c1)C(C(C)=O)=C(C)N2. The van der Waals surface area contributed by atoms with Crippen LogP contribution in [0.2, 0.25) is 0 Å². The Morgan fingerprint density at radius 1 is 1.32 bits per heavy atom. The number of methoxy groups -OCH3 is 1. The zero-order valence-corrected chi connectivity index (χ0v) is 20.0. The van der Waals surface area contributed by atoms with Crippen LogP contribution in [-0.4, -0.2) is 40.0 Å². The van der Waals surface area contributed by atoms with Crippen molar-refractivity contribution in [1.82, 2.24) is 14.8 Å². The van der Waals surface area contributed by atoms with E-state index < -0.39 is 0 Å². The molecular weight excluding hydrogens is 412 g/mol. The molecule has 2 heterocycles. The molecule has 3 rings (SSSR count). The van der Waals surface area contributed by atoms with Crippen LogP contribution >= 0.6 is 11.8 Å². The van der Waals surface area contributed by atoms with Gasteiger partial charge in [-0.05, 0) is 50.3 Å². The Balaban J connectivity index is 2.00. The van der Waals surface area contributed by atoms with E-state index in [0.29, 0.717) is 40.7 Å². The highest BCUT2D eigenvalue weighted by atomic mass is 32.2. The number of hydrogen-bond acceptors (Lipinski definition) is 7. The largest absolute Gasteiger partial charge is 0.493 e. The van der Waals surface area contributed by atoms with E-state index in [4.69, 9.17) is 14.6 Å². The molecule has 0 amide bonds. The quantitative estimate of drug-likeness (QED) is 0.511. The average Bonchev–Trinajstić information content (AvgIpc) is 3.13. The highest BCUT2D eigenvalue weighted by molar-refractivity contribution is 7.99. The number of allylic oxidation sites excluding steroid dienone is 2. The van der Waals surface area contributed by atoms with Crippen molar-refractivity contribution in [1.29, 1.82) is 0 Å². The Labute approximate surface area is 188 Å². The summed E-state index contributed by atoms with van der Waals surface area (Å²) in [7, 11) is 1.63. The molecule has 1 aromatic heterocycles. The van der Waals surface area contributed by atoms with Gasteiger partial charge in [0.2, 0.25) is 11.1 Å².